The van der Waals surface area contributed by atoms with Gasteiger partial charge in [-0.25, -0.2) is 8.42 Å². The third-order valence-corrected chi connectivity index (χ3v) is 7.10. The van der Waals surface area contributed by atoms with Crippen molar-refractivity contribution in [1.82, 2.24) is 9.29 Å². The van der Waals surface area contributed by atoms with E-state index in [9.17, 15) is 8.42 Å². The van der Waals surface area contributed by atoms with Crippen molar-refractivity contribution in [2.45, 2.75) is 23.7 Å². The van der Waals surface area contributed by atoms with Crippen molar-refractivity contribution in [2.24, 2.45) is 0 Å². The number of hydrogen-bond donors (Lipinski definition) is 1. The molecule has 1 aliphatic rings. The Morgan fingerprint density at radius 3 is 2.48 bits per heavy atom. The van der Waals surface area contributed by atoms with E-state index >= 15 is 0 Å². The van der Waals surface area contributed by atoms with Crippen LogP contribution in [0.25, 0.3) is 10.9 Å². The summed E-state index contributed by atoms with van der Waals surface area (Å²) in [6.07, 6.45) is 3.66. The molecule has 0 aliphatic carbocycles. The highest BCUT2D eigenvalue weighted by atomic mass is 35.5. The van der Waals surface area contributed by atoms with Crippen molar-refractivity contribution < 1.29 is 8.42 Å². The Bertz CT molecular complexity index is 991. The molecule has 0 atom stereocenters. The molecule has 2 heterocycles. The number of sulfonamides is 1. The summed E-state index contributed by atoms with van der Waals surface area (Å²) in [6, 6.07) is 14.5. The Hall–Kier alpha value is -1.82. The molecule has 1 N–H and O–H groups in total. The zero-order valence-electron chi connectivity index (χ0n) is 13.7. The second-order valence-electron chi connectivity index (χ2n) is 6.43. The maximum absolute atomic E-state index is 12.7. The minimum absolute atomic E-state index is 0.342. The Morgan fingerprint density at radius 2 is 1.76 bits per heavy atom. The predicted octanol–water partition coefficient (Wildman–Crippen LogP) is 4.39. The summed E-state index contributed by atoms with van der Waals surface area (Å²) in [5.74, 6) is 0.342. The molecule has 130 valence electrons. The van der Waals surface area contributed by atoms with Crippen LogP contribution in [0, 0.1) is 0 Å². The van der Waals surface area contributed by atoms with Crippen LogP contribution in [0.5, 0.6) is 0 Å². The minimum Gasteiger partial charge on any atom is -0.361 e. The van der Waals surface area contributed by atoms with Gasteiger partial charge in [-0.05, 0) is 54.7 Å². The van der Waals surface area contributed by atoms with Crippen molar-refractivity contribution in [3.05, 3.63) is 65.3 Å². The topological polar surface area (TPSA) is 53.2 Å². The lowest BCUT2D eigenvalue weighted by molar-refractivity contribution is 0.320. The standard InChI is InChI=1S/C19H19ClN2O2S/c20-15-6-7-19-17(12-15)18(13-21-19)14-8-10-22(11-9-14)25(23,24)16-4-2-1-3-5-16/h1-7,12-14,21H,8-11H2. The summed E-state index contributed by atoms with van der Waals surface area (Å²) < 4.78 is 27.1. The van der Waals surface area contributed by atoms with E-state index in [0.717, 1.165) is 28.8 Å². The average molecular weight is 375 g/mol. The van der Waals surface area contributed by atoms with Crippen molar-refractivity contribution in [3.8, 4) is 0 Å². The van der Waals surface area contributed by atoms with Crippen molar-refractivity contribution in [3.63, 3.8) is 0 Å². The van der Waals surface area contributed by atoms with Gasteiger partial charge in [0.05, 0.1) is 4.90 Å². The summed E-state index contributed by atoms with van der Waals surface area (Å²) >= 11 is 6.14. The van der Waals surface area contributed by atoms with Crippen molar-refractivity contribution in [1.29, 1.82) is 0 Å². The lowest BCUT2D eigenvalue weighted by Crippen LogP contribution is -2.37. The molecule has 25 heavy (non-hydrogen) atoms. The van der Waals surface area contributed by atoms with E-state index in [1.807, 2.05) is 30.5 Å². The number of halogens is 1. The number of fused-ring (bicyclic) bond motifs is 1. The number of H-pyrrole nitrogens is 1. The van der Waals surface area contributed by atoms with E-state index in [2.05, 4.69) is 4.98 Å². The molecule has 0 spiro atoms. The summed E-state index contributed by atoms with van der Waals surface area (Å²) in [5, 5.41) is 1.86. The van der Waals surface area contributed by atoms with Crippen molar-refractivity contribution >= 4 is 32.5 Å². The third kappa shape index (κ3) is 3.08. The van der Waals surface area contributed by atoms with Gasteiger partial charge >= 0.3 is 0 Å². The molecule has 4 nitrogen and oxygen atoms in total. The van der Waals surface area contributed by atoms with Gasteiger partial charge in [0.2, 0.25) is 10.0 Å². The maximum atomic E-state index is 12.7. The Kier molecular flexibility index (Phi) is 4.31. The number of nitrogens with zero attached hydrogens (tertiary/aromatic N) is 1. The number of nitrogens with one attached hydrogen (secondary N) is 1. The van der Waals surface area contributed by atoms with E-state index in [1.165, 1.54) is 5.56 Å². The molecule has 1 aliphatic heterocycles. The lowest BCUT2D eigenvalue weighted by atomic mass is 9.90. The van der Waals surface area contributed by atoms with Gasteiger partial charge in [0.15, 0.2) is 0 Å². The molecule has 1 aromatic heterocycles. The fraction of sp³-hybridized carbons (Fsp3) is 0.263. The SMILES string of the molecule is O=S(=O)(c1ccccc1)N1CCC(c2c[nH]c3ccc(Cl)cc23)CC1. The highest BCUT2D eigenvalue weighted by molar-refractivity contribution is 7.89. The quantitative estimate of drug-likeness (QED) is 0.739. The first-order valence-electron chi connectivity index (χ1n) is 8.37. The molecule has 2 aromatic carbocycles. The van der Waals surface area contributed by atoms with Crippen LogP contribution in [-0.2, 0) is 10.0 Å². The lowest BCUT2D eigenvalue weighted by Gasteiger charge is -2.31. The first kappa shape index (κ1) is 16.6. The zero-order valence-corrected chi connectivity index (χ0v) is 15.2. The van der Waals surface area contributed by atoms with Crippen LogP contribution < -0.4 is 0 Å². The number of piperidine rings is 1. The second kappa shape index (κ2) is 6.48. The number of hydrogen-bond acceptors (Lipinski definition) is 2. The molecule has 0 bridgehead atoms. The first-order valence-corrected chi connectivity index (χ1v) is 10.2. The van der Waals surface area contributed by atoms with Gasteiger partial charge in [-0.3, -0.25) is 0 Å². The van der Waals surface area contributed by atoms with Gasteiger partial charge in [0.25, 0.3) is 0 Å². The third-order valence-electron chi connectivity index (χ3n) is 4.95. The van der Waals surface area contributed by atoms with Crippen LogP contribution in [0.3, 0.4) is 0 Å². The number of aromatic nitrogens is 1. The molecule has 0 unspecified atom stereocenters. The van der Waals surface area contributed by atoms with Crippen LogP contribution in [0.2, 0.25) is 5.02 Å². The van der Waals surface area contributed by atoms with E-state index < -0.39 is 10.0 Å². The van der Waals surface area contributed by atoms with E-state index in [-0.39, 0.29) is 0 Å². The Balaban J connectivity index is 1.54. The van der Waals surface area contributed by atoms with Gasteiger partial charge in [0, 0.05) is 35.2 Å². The number of rotatable bonds is 3. The van der Waals surface area contributed by atoms with E-state index in [4.69, 9.17) is 11.6 Å². The van der Waals surface area contributed by atoms with Crippen LogP contribution in [0.4, 0.5) is 0 Å². The monoisotopic (exact) mass is 374 g/mol. The molecular weight excluding hydrogens is 356 g/mol. The fourth-order valence-electron chi connectivity index (χ4n) is 3.60. The Labute approximate surface area is 152 Å². The highest BCUT2D eigenvalue weighted by Crippen LogP contribution is 2.35. The molecule has 6 heteroatoms. The summed E-state index contributed by atoms with van der Waals surface area (Å²) in [5.41, 5.74) is 2.30. The summed E-state index contributed by atoms with van der Waals surface area (Å²) in [4.78, 5) is 3.66. The first-order chi connectivity index (χ1) is 12.1. The van der Waals surface area contributed by atoms with Crippen molar-refractivity contribution in [2.75, 3.05) is 13.1 Å². The number of benzene rings is 2. The molecule has 0 radical (unpaired) electrons. The fourth-order valence-corrected chi connectivity index (χ4v) is 5.26. The van der Waals surface area contributed by atoms with Crippen LogP contribution in [-0.4, -0.2) is 30.8 Å². The average Bonchev–Trinajstić information content (AvgIpc) is 3.05. The molecule has 4 rings (SSSR count). The maximum Gasteiger partial charge on any atom is 0.243 e. The second-order valence-corrected chi connectivity index (χ2v) is 8.80. The van der Waals surface area contributed by atoms with Crippen LogP contribution in [0.15, 0.2) is 59.6 Å². The molecule has 0 saturated carbocycles. The molecule has 0 amide bonds. The van der Waals surface area contributed by atoms with Crippen LogP contribution >= 0.6 is 11.6 Å². The molecule has 1 saturated heterocycles. The largest absolute Gasteiger partial charge is 0.361 e. The summed E-state index contributed by atoms with van der Waals surface area (Å²) in [6.45, 7) is 1.07. The predicted molar refractivity (Wildman–Crippen MR) is 100 cm³/mol. The molecule has 1 fully saturated rings. The Morgan fingerprint density at radius 1 is 1.04 bits per heavy atom. The van der Waals surface area contributed by atoms with E-state index in [0.29, 0.717) is 23.9 Å². The zero-order chi connectivity index (χ0) is 17.4. The minimum atomic E-state index is -3.40. The van der Waals surface area contributed by atoms with E-state index in [1.54, 1.807) is 28.6 Å². The highest BCUT2D eigenvalue weighted by Gasteiger charge is 2.30. The van der Waals surface area contributed by atoms with Gasteiger partial charge in [-0.15, -0.1) is 0 Å². The molecular formula is C19H19ClN2O2S. The molecule has 3 aromatic rings. The van der Waals surface area contributed by atoms with Gasteiger partial charge in [-0.2, -0.15) is 4.31 Å². The van der Waals surface area contributed by atoms with Gasteiger partial charge in [-0.1, -0.05) is 29.8 Å². The summed E-state index contributed by atoms with van der Waals surface area (Å²) in [7, 11) is -3.40. The van der Waals surface area contributed by atoms with Crippen LogP contribution in [0.1, 0.15) is 24.3 Å². The normalized spacial score (nSPS) is 17.2. The smallest absolute Gasteiger partial charge is 0.243 e. The van der Waals surface area contributed by atoms with Gasteiger partial charge < -0.3 is 4.98 Å². The number of aromatic amines is 1. The van der Waals surface area contributed by atoms with Gasteiger partial charge in [0.1, 0.15) is 0 Å².